The highest BCUT2D eigenvalue weighted by Crippen LogP contribution is 2.42. The molecule has 8 heteroatoms. The lowest BCUT2D eigenvalue weighted by atomic mass is 9.98. The SMILES string of the molecule is C=CCON1C(=O)N2C[C@H]1[C@@H](O[Si](C)(C)C(C)(C)C)C[C@H]2CO[Si](C)(C)C(C)(C)C. The summed E-state index contributed by atoms with van der Waals surface area (Å²) in [6, 6.07) is -0.155. The first-order valence-corrected chi connectivity index (χ1v) is 17.0. The number of carbonyl (C=O) groups is 1. The van der Waals surface area contributed by atoms with Crippen molar-refractivity contribution in [2.75, 3.05) is 19.8 Å². The lowest BCUT2D eigenvalue weighted by Crippen LogP contribution is -2.56. The third-order valence-electron chi connectivity index (χ3n) is 7.52. The number of fused-ring (bicyclic) bond motifs is 2. The summed E-state index contributed by atoms with van der Waals surface area (Å²) in [6.45, 7) is 27.7. The Kier molecular flexibility index (Phi) is 7.41. The van der Waals surface area contributed by atoms with Crippen LogP contribution in [-0.4, -0.2) is 70.6 Å². The van der Waals surface area contributed by atoms with E-state index in [1.807, 2.05) is 4.90 Å². The highest BCUT2D eigenvalue weighted by molar-refractivity contribution is 6.74. The number of hydrogen-bond acceptors (Lipinski definition) is 4. The Balaban J connectivity index is 2.25. The van der Waals surface area contributed by atoms with Crippen LogP contribution in [0.15, 0.2) is 12.7 Å². The van der Waals surface area contributed by atoms with Crippen molar-refractivity contribution in [3.8, 4) is 0 Å². The summed E-state index contributed by atoms with van der Waals surface area (Å²) in [7, 11) is -3.90. The fraction of sp³-hybridized carbons (Fsp3) is 0.864. The number of rotatable bonds is 8. The van der Waals surface area contributed by atoms with Gasteiger partial charge in [-0.25, -0.2) is 4.79 Å². The summed E-state index contributed by atoms with van der Waals surface area (Å²) in [4.78, 5) is 20.8. The van der Waals surface area contributed by atoms with E-state index in [1.54, 1.807) is 6.08 Å². The van der Waals surface area contributed by atoms with Crippen molar-refractivity contribution in [3.63, 3.8) is 0 Å². The van der Waals surface area contributed by atoms with Gasteiger partial charge in [-0.15, -0.1) is 6.58 Å². The number of nitrogens with zero attached hydrogens (tertiary/aromatic N) is 2. The molecule has 2 amide bonds. The summed E-state index contributed by atoms with van der Waals surface area (Å²) >= 11 is 0. The van der Waals surface area contributed by atoms with Crippen molar-refractivity contribution in [3.05, 3.63) is 12.7 Å². The maximum atomic E-state index is 13.1. The van der Waals surface area contributed by atoms with Gasteiger partial charge in [0.1, 0.15) is 6.04 Å². The molecule has 0 aromatic rings. The molecule has 2 aliphatic heterocycles. The minimum absolute atomic E-state index is 0.00924. The fourth-order valence-electron chi connectivity index (χ4n) is 3.39. The molecule has 0 N–H and O–H groups in total. The number of hydroxylamine groups is 2. The van der Waals surface area contributed by atoms with Gasteiger partial charge in [0, 0.05) is 6.54 Å². The van der Waals surface area contributed by atoms with E-state index in [0.717, 1.165) is 6.42 Å². The van der Waals surface area contributed by atoms with Crippen LogP contribution < -0.4 is 0 Å². The molecule has 2 saturated heterocycles. The first kappa shape index (κ1) is 25.6. The molecule has 0 aromatic carbocycles. The standard InChI is InChI=1S/C22H44N2O4Si2/c1-12-13-26-24-18-15-23(20(24)25)17(16-27-29(8,9)21(2,3)4)14-19(18)28-30(10,11)22(5,6)7/h12,17-19H,1,13-16H2,2-11H3/t17-,18-,19-/m0/s1. The van der Waals surface area contributed by atoms with E-state index in [4.69, 9.17) is 13.7 Å². The van der Waals surface area contributed by atoms with Gasteiger partial charge in [-0.3, -0.25) is 4.84 Å². The molecule has 2 rings (SSSR count). The van der Waals surface area contributed by atoms with Gasteiger partial charge in [0.25, 0.3) is 0 Å². The zero-order valence-electron chi connectivity index (χ0n) is 20.9. The third-order valence-corrected chi connectivity index (χ3v) is 16.5. The van der Waals surface area contributed by atoms with E-state index in [1.165, 1.54) is 5.06 Å². The lowest BCUT2D eigenvalue weighted by molar-refractivity contribution is -0.138. The number of piperidine rings is 1. The van der Waals surface area contributed by atoms with Crippen molar-refractivity contribution >= 4 is 22.7 Å². The predicted octanol–water partition coefficient (Wildman–Crippen LogP) is 5.39. The van der Waals surface area contributed by atoms with Crippen molar-refractivity contribution in [1.29, 1.82) is 0 Å². The molecule has 0 aromatic heterocycles. The molecular formula is C22H44N2O4Si2. The second-order valence-electron chi connectivity index (χ2n) is 11.8. The van der Waals surface area contributed by atoms with Gasteiger partial charge in [-0.2, -0.15) is 5.06 Å². The van der Waals surface area contributed by atoms with Crippen LogP contribution in [0.4, 0.5) is 4.79 Å². The maximum absolute atomic E-state index is 13.1. The Morgan fingerprint density at radius 1 is 1.07 bits per heavy atom. The summed E-state index contributed by atoms with van der Waals surface area (Å²) in [5, 5.41) is 1.77. The number of carbonyl (C=O) groups excluding carboxylic acids is 1. The van der Waals surface area contributed by atoms with Gasteiger partial charge >= 0.3 is 6.03 Å². The zero-order valence-corrected chi connectivity index (χ0v) is 22.9. The quantitative estimate of drug-likeness (QED) is 0.363. The van der Waals surface area contributed by atoms with E-state index in [-0.39, 0.29) is 34.3 Å². The van der Waals surface area contributed by atoms with Gasteiger partial charge < -0.3 is 13.8 Å². The molecule has 2 fully saturated rings. The molecule has 0 spiro atoms. The maximum Gasteiger partial charge on any atom is 0.344 e. The van der Waals surface area contributed by atoms with Crippen LogP contribution in [0.1, 0.15) is 48.0 Å². The third kappa shape index (κ3) is 5.20. The normalized spacial score (nSPS) is 25.8. The molecule has 0 aliphatic carbocycles. The Morgan fingerprint density at radius 3 is 2.13 bits per heavy atom. The zero-order chi connectivity index (χ0) is 23.1. The smallest absolute Gasteiger partial charge is 0.344 e. The average Bonchev–Trinajstić information content (AvgIpc) is 2.85. The molecule has 3 atom stereocenters. The molecule has 6 nitrogen and oxygen atoms in total. The first-order chi connectivity index (χ1) is 13.5. The topological polar surface area (TPSA) is 51.2 Å². The number of amides is 2. The van der Waals surface area contributed by atoms with Crippen molar-refractivity contribution in [1.82, 2.24) is 9.96 Å². The van der Waals surface area contributed by atoms with E-state index in [9.17, 15) is 4.79 Å². The molecular weight excluding hydrogens is 412 g/mol. The number of urea groups is 1. The van der Waals surface area contributed by atoms with Crippen molar-refractivity contribution < 1.29 is 18.5 Å². The highest BCUT2D eigenvalue weighted by Gasteiger charge is 2.53. The fourth-order valence-corrected chi connectivity index (χ4v) is 5.80. The molecule has 30 heavy (non-hydrogen) atoms. The minimum Gasteiger partial charge on any atom is -0.415 e. The van der Waals surface area contributed by atoms with E-state index >= 15 is 0 Å². The molecule has 2 aliphatic rings. The molecule has 0 unspecified atom stereocenters. The Labute approximate surface area is 186 Å². The first-order valence-electron chi connectivity index (χ1n) is 11.2. The van der Waals surface area contributed by atoms with Crippen molar-refractivity contribution in [2.24, 2.45) is 0 Å². The minimum atomic E-state index is -2.00. The Bertz CT molecular complexity index is 640. The van der Waals surface area contributed by atoms with Crippen LogP contribution in [0.25, 0.3) is 0 Å². The molecule has 174 valence electrons. The molecule has 0 radical (unpaired) electrons. The summed E-state index contributed by atoms with van der Waals surface area (Å²) < 4.78 is 13.3. The number of hydrogen-bond donors (Lipinski definition) is 0. The second kappa shape index (κ2) is 8.69. The summed E-state index contributed by atoms with van der Waals surface area (Å²) in [6.07, 6.45) is 2.41. The van der Waals surface area contributed by atoms with E-state index in [2.05, 4.69) is 74.3 Å². The Hall–Kier alpha value is -0.676. The van der Waals surface area contributed by atoms with Gasteiger partial charge in [-0.05, 0) is 42.7 Å². The van der Waals surface area contributed by atoms with Crippen LogP contribution in [0, 0.1) is 0 Å². The van der Waals surface area contributed by atoms with Crippen LogP contribution in [0.5, 0.6) is 0 Å². The largest absolute Gasteiger partial charge is 0.415 e. The van der Waals surface area contributed by atoms with Crippen LogP contribution in [-0.2, 0) is 13.7 Å². The highest BCUT2D eigenvalue weighted by atomic mass is 28.4. The van der Waals surface area contributed by atoms with Gasteiger partial charge in [0.2, 0.25) is 0 Å². The monoisotopic (exact) mass is 456 g/mol. The van der Waals surface area contributed by atoms with Gasteiger partial charge in [-0.1, -0.05) is 47.6 Å². The lowest BCUT2D eigenvalue weighted by Gasteiger charge is -2.45. The van der Waals surface area contributed by atoms with Gasteiger partial charge in [0.05, 0.1) is 25.4 Å². The predicted molar refractivity (Wildman–Crippen MR) is 128 cm³/mol. The van der Waals surface area contributed by atoms with Crippen molar-refractivity contribution in [2.45, 2.75) is 102 Å². The van der Waals surface area contributed by atoms with Crippen LogP contribution in [0.2, 0.25) is 36.3 Å². The molecule has 0 saturated carbocycles. The average molecular weight is 457 g/mol. The van der Waals surface area contributed by atoms with Crippen LogP contribution in [0.3, 0.4) is 0 Å². The Morgan fingerprint density at radius 2 is 1.63 bits per heavy atom. The molecule has 2 bridgehead atoms. The summed E-state index contributed by atoms with van der Waals surface area (Å²) in [5.41, 5.74) is 0. The molecule has 2 heterocycles. The second-order valence-corrected chi connectivity index (χ2v) is 21.4. The van der Waals surface area contributed by atoms with E-state index < -0.39 is 16.6 Å². The summed E-state index contributed by atoms with van der Waals surface area (Å²) in [5.74, 6) is 0. The van der Waals surface area contributed by atoms with Gasteiger partial charge in [0.15, 0.2) is 16.6 Å². The van der Waals surface area contributed by atoms with E-state index in [0.29, 0.717) is 19.8 Å². The van der Waals surface area contributed by atoms with Crippen LogP contribution >= 0.6 is 0 Å².